The molecule has 2 heterocycles. The van der Waals surface area contributed by atoms with Gasteiger partial charge in [-0.3, -0.25) is 9.59 Å². The zero-order chi connectivity index (χ0) is 14.7. The van der Waals surface area contributed by atoms with Crippen LogP contribution >= 0.6 is 11.8 Å². The van der Waals surface area contributed by atoms with Gasteiger partial charge in [-0.15, -0.1) is 11.8 Å². The molecule has 21 heavy (non-hydrogen) atoms. The number of likely N-dealkylation sites (tertiary alicyclic amines) is 1. The Morgan fingerprint density at radius 2 is 2.10 bits per heavy atom. The molecule has 2 saturated heterocycles. The molecule has 2 amide bonds. The Morgan fingerprint density at radius 3 is 2.81 bits per heavy atom. The van der Waals surface area contributed by atoms with E-state index in [0.29, 0.717) is 18.8 Å². The Labute approximate surface area is 129 Å². The Kier molecular flexibility index (Phi) is 4.48. The summed E-state index contributed by atoms with van der Waals surface area (Å²) in [6.45, 7) is 1.65. The zero-order valence-corrected chi connectivity index (χ0v) is 12.8. The second kappa shape index (κ2) is 6.52. The molecule has 2 aliphatic rings. The van der Waals surface area contributed by atoms with Crippen molar-refractivity contribution in [2.45, 2.75) is 30.2 Å². The lowest BCUT2D eigenvalue weighted by molar-refractivity contribution is -0.133. The van der Waals surface area contributed by atoms with Crippen LogP contribution in [0.5, 0.6) is 0 Å². The molecular weight excluding hydrogens is 284 g/mol. The second-order valence-corrected chi connectivity index (χ2v) is 6.82. The van der Waals surface area contributed by atoms with E-state index in [2.05, 4.69) is 29.6 Å². The topological polar surface area (TPSA) is 49.4 Å². The summed E-state index contributed by atoms with van der Waals surface area (Å²) in [5, 5.41) is 2.77. The van der Waals surface area contributed by atoms with E-state index < -0.39 is 0 Å². The Balaban J connectivity index is 1.47. The highest BCUT2D eigenvalue weighted by molar-refractivity contribution is 7.99. The molecule has 0 bridgehead atoms. The molecule has 3 rings (SSSR count). The van der Waals surface area contributed by atoms with Crippen molar-refractivity contribution >= 4 is 23.6 Å². The molecule has 2 aliphatic heterocycles. The van der Waals surface area contributed by atoms with Crippen molar-refractivity contribution < 1.29 is 9.59 Å². The van der Waals surface area contributed by atoms with Crippen LogP contribution in [0.4, 0.5) is 0 Å². The van der Waals surface area contributed by atoms with Gasteiger partial charge in [-0.1, -0.05) is 18.2 Å². The molecule has 5 heteroatoms. The maximum absolute atomic E-state index is 12.3. The average Bonchev–Trinajstić information content (AvgIpc) is 3.14. The number of nitrogens with zero attached hydrogens (tertiary/aromatic N) is 1. The molecule has 2 fully saturated rings. The summed E-state index contributed by atoms with van der Waals surface area (Å²) in [5.74, 6) is 1.71. The fraction of sp³-hybridized carbons (Fsp3) is 0.500. The predicted molar refractivity (Wildman–Crippen MR) is 83.0 cm³/mol. The Hall–Kier alpha value is -1.49. The highest BCUT2D eigenvalue weighted by Crippen LogP contribution is 2.26. The molecule has 0 radical (unpaired) electrons. The van der Waals surface area contributed by atoms with E-state index in [4.69, 9.17) is 0 Å². The van der Waals surface area contributed by atoms with Crippen molar-refractivity contribution in [1.82, 2.24) is 10.2 Å². The lowest BCUT2D eigenvalue weighted by Gasteiger charge is -2.20. The maximum Gasteiger partial charge on any atom is 0.245 e. The number of hydrogen-bond donors (Lipinski definition) is 1. The molecule has 0 aliphatic carbocycles. The van der Waals surface area contributed by atoms with E-state index in [9.17, 15) is 9.59 Å². The SMILES string of the molecule is O=C1CC[C@@H](C(=O)N2CC[C@H](CSc3ccccc3)C2)N1. The van der Waals surface area contributed by atoms with Crippen molar-refractivity contribution in [2.24, 2.45) is 5.92 Å². The van der Waals surface area contributed by atoms with Gasteiger partial charge < -0.3 is 10.2 Å². The van der Waals surface area contributed by atoms with Crippen LogP contribution < -0.4 is 5.32 Å². The number of benzene rings is 1. The van der Waals surface area contributed by atoms with Gasteiger partial charge in [-0.2, -0.15) is 0 Å². The van der Waals surface area contributed by atoms with Gasteiger partial charge in [0.05, 0.1) is 0 Å². The highest BCUT2D eigenvalue weighted by Gasteiger charge is 2.34. The minimum atomic E-state index is -0.280. The summed E-state index contributed by atoms with van der Waals surface area (Å²) in [5.41, 5.74) is 0. The largest absolute Gasteiger partial charge is 0.344 e. The standard InChI is InChI=1S/C16H20N2O2S/c19-15-7-6-14(17-15)16(20)18-9-8-12(10-18)11-21-13-4-2-1-3-5-13/h1-5,12,14H,6-11H2,(H,17,19)/t12-,14-/m0/s1. The smallest absolute Gasteiger partial charge is 0.245 e. The number of thioether (sulfide) groups is 1. The zero-order valence-electron chi connectivity index (χ0n) is 12.0. The molecule has 0 spiro atoms. The fourth-order valence-corrected chi connectivity index (χ4v) is 3.97. The lowest BCUT2D eigenvalue weighted by atomic mass is 10.1. The van der Waals surface area contributed by atoms with Gasteiger partial charge in [-0.05, 0) is 30.9 Å². The van der Waals surface area contributed by atoms with Crippen molar-refractivity contribution in [1.29, 1.82) is 0 Å². The normalized spacial score (nSPS) is 25.1. The first-order valence-electron chi connectivity index (χ1n) is 7.48. The lowest BCUT2D eigenvalue weighted by Crippen LogP contribution is -2.43. The fourth-order valence-electron chi connectivity index (χ4n) is 2.92. The van der Waals surface area contributed by atoms with Gasteiger partial charge in [0.15, 0.2) is 0 Å². The summed E-state index contributed by atoms with van der Waals surface area (Å²) in [6, 6.07) is 10.1. The van der Waals surface area contributed by atoms with E-state index in [0.717, 1.165) is 25.3 Å². The van der Waals surface area contributed by atoms with Crippen LogP contribution in [0.3, 0.4) is 0 Å². The molecule has 1 N–H and O–H groups in total. The van der Waals surface area contributed by atoms with Crippen LogP contribution in [0.25, 0.3) is 0 Å². The van der Waals surface area contributed by atoms with Crippen molar-refractivity contribution in [3.63, 3.8) is 0 Å². The molecular formula is C16H20N2O2S. The van der Waals surface area contributed by atoms with E-state index in [1.807, 2.05) is 22.7 Å². The number of rotatable bonds is 4. The van der Waals surface area contributed by atoms with E-state index >= 15 is 0 Å². The van der Waals surface area contributed by atoms with Gasteiger partial charge in [0.1, 0.15) is 6.04 Å². The molecule has 2 atom stereocenters. The summed E-state index contributed by atoms with van der Waals surface area (Å²) in [6.07, 6.45) is 2.20. The highest BCUT2D eigenvalue weighted by atomic mass is 32.2. The van der Waals surface area contributed by atoms with Crippen LogP contribution in [0.1, 0.15) is 19.3 Å². The minimum Gasteiger partial charge on any atom is -0.344 e. The molecule has 4 nitrogen and oxygen atoms in total. The summed E-state index contributed by atoms with van der Waals surface area (Å²) >= 11 is 1.86. The van der Waals surface area contributed by atoms with E-state index in [-0.39, 0.29) is 17.9 Å². The predicted octanol–water partition coefficient (Wildman–Crippen LogP) is 1.91. The first-order chi connectivity index (χ1) is 10.2. The van der Waals surface area contributed by atoms with Gasteiger partial charge in [-0.25, -0.2) is 0 Å². The first-order valence-corrected chi connectivity index (χ1v) is 8.47. The third kappa shape index (κ3) is 3.59. The summed E-state index contributed by atoms with van der Waals surface area (Å²) in [7, 11) is 0. The summed E-state index contributed by atoms with van der Waals surface area (Å²) in [4.78, 5) is 26.7. The third-order valence-electron chi connectivity index (χ3n) is 4.12. The Morgan fingerprint density at radius 1 is 1.29 bits per heavy atom. The number of carbonyl (C=O) groups excluding carboxylic acids is 2. The van der Waals surface area contributed by atoms with Crippen LogP contribution in [-0.4, -0.2) is 41.6 Å². The van der Waals surface area contributed by atoms with Gasteiger partial charge in [0.25, 0.3) is 0 Å². The van der Waals surface area contributed by atoms with E-state index in [1.165, 1.54) is 4.90 Å². The van der Waals surface area contributed by atoms with Gasteiger partial charge >= 0.3 is 0 Å². The van der Waals surface area contributed by atoms with Crippen LogP contribution in [0.2, 0.25) is 0 Å². The molecule has 112 valence electrons. The first kappa shape index (κ1) is 14.4. The van der Waals surface area contributed by atoms with Crippen LogP contribution in [-0.2, 0) is 9.59 Å². The van der Waals surface area contributed by atoms with Gasteiger partial charge in [0, 0.05) is 30.2 Å². The number of hydrogen-bond acceptors (Lipinski definition) is 3. The van der Waals surface area contributed by atoms with Crippen molar-refractivity contribution in [3.8, 4) is 0 Å². The second-order valence-electron chi connectivity index (χ2n) is 5.72. The van der Waals surface area contributed by atoms with Crippen molar-refractivity contribution in [3.05, 3.63) is 30.3 Å². The van der Waals surface area contributed by atoms with Crippen LogP contribution in [0.15, 0.2) is 35.2 Å². The van der Waals surface area contributed by atoms with Crippen molar-refractivity contribution in [2.75, 3.05) is 18.8 Å². The monoisotopic (exact) mass is 304 g/mol. The number of nitrogens with one attached hydrogen (secondary N) is 1. The van der Waals surface area contributed by atoms with Crippen LogP contribution in [0, 0.1) is 5.92 Å². The molecule has 1 aromatic carbocycles. The molecule has 0 aromatic heterocycles. The third-order valence-corrected chi connectivity index (χ3v) is 5.36. The quantitative estimate of drug-likeness (QED) is 0.865. The Bertz CT molecular complexity index is 520. The number of carbonyl (C=O) groups is 2. The molecule has 1 aromatic rings. The minimum absolute atomic E-state index is 0.00345. The average molecular weight is 304 g/mol. The van der Waals surface area contributed by atoms with Gasteiger partial charge in [0.2, 0.25) is 11.8 Å². The van der Waals surface area contributed by atoms with E-state index in [1.54, 1.807) is 0 Å². The molecule has 0 saturated carbocycles. The summed E-state index contributed by atoms with van der Waals surface area (Å²) < 4.78 is 0. The maximum atomic E-state index is 12.3. The molecule has 0 unspecified atom stereocenters. The number of amides is 2.